The molecule has 1 saturated heterocycles. The Bertz CT molecular complexity index is 988. The van der Waals surface area contributed by atoms with Gasteiger partial charge in [0.2, 0.25) is 15.9 Å². The van der Waals surface area contributed by atoms with Crippen molar-refractivity contribution < 1.29 is 17.9 Å². The molecule has 1 aliphatic rings. The van der Waals surface area contributed by atoms with Crippen LogP contribution in [0.1, 0.15) is 29.5 Å². The number of rotatable bonds is 6. The van der Waals surface area contributed by atoms with Gasteiger partial charge in [-0.2, -0.15) is 4.31 Å². The van der Waals surface area contributed by atoms with Crippen molar-refractivity contribution in [3.8, 4) is 5.75 Å². The molecule has 2 aromatic rings. The third-order valence-electron chi connectivity index (χ3n) is 5.31. The lowest BCUT2D eigenvalue weighted by atomic mass is 9.98. The molecule has 156 valence electrons. The topological polar surface area (TPSA) is 75.7 Å². The molecular weight excluding hydrogens is 388 g/mol. The molecule has 1 N–H and O–H groups in total. The van der Waals surface area contributed by atoms with E-state index in [9.17, 15) is 13.2 Å². The molecule has 0 radical (unpaired) electrons. The minimum Gasteiger partial charge on any atom is -0.496 e. The fraction of sp³-hybridized carbons (Fsp3) is 0.409. The number of amides is 1. The molecule has 3 rings (SSSR count). The van der Waals surface area contributed by atoms with Crippen LogP contribution in [0.3, 0.4) is 0 Å². The van der Waals surface area contributed by atoms with E-state index in [0.29, 0.717) is 31.7 Å². The number of ether oxygens (including phenoxy) is 1. The molecular formula is C22H28N2O4S. The van der Waals surface area contributed by atoms with E-state index in [1.807, 2.05) is 38.1 Å². The van der Waals surface area contributed by atoms with Crippen LogP contribution in [0.25, 0.3) is 0 Å². The highest BCUT2D eigenvalue weighted by Crippen LogP contribution is 2.27. The first kappa shape index (κ1) is 21.3. The molecule has 0 aromatic heterocycles. The van der Waals surface area contributed by atoms with E-state index in [-0.39, 0.29) is 23.3 Å². The number of carbonyl (C=O) groups excluding carboxylic acids is 1. The van der Waals surface area contributed by atoms with Crippen LogP contribution >= 0.6 is 0 Å². The second kappa shape index (κ2) is 8.97. The van der Waals surface area contributed by atoms with Crippen molar-refractivity contribution in [2.75, 3.05) is 20.2 Å². The molecule has 1 amide bonds. The Morgan fingerprint density at radius 1 is 1.21 bits per heavy atom. The molecule has 0 saturated carbocycles. The van der Waals surface area contributed by atoms with E-state index in [0.717, 1.165) is 16.7 Å². The van der Waals surface area contributed by atoms with Crippen LogP contribution in [0.15, 0.2) is 47.4 Å². The third kappa shape index (κ3) is 4.97. The molecule has 1 atom stereocenters. The Morgan fingerprint density at radius 3 is 2.69 bits per heavy atom. The van der Waals surface area contributed by atoms with Gasteiger partial charge in [0.25, 0.3) is 0 Å². The first-order valence-electron chi connectivity index (χ1n) is 9.79. The van der Waals surface area contributed by atoms with Crippen molar-refractivity contribution in [2.45, 2.75) is 38.1 Å². The zero-order valence-corrected chi connectivity index (χ0v) is 18.0. The summed E-state index contributed by atoms with van der Waals surface area (Å²) in [4.78, 5) is 12.9. The number of hydrogen-bond acceptors (Lipinski definition) is 4. The molecule has 0 spiro atoms. The summed E-state index contributed by atoms with van der Waals surface area (Å²) in [6, 6.07) is 12.8. The van der Waals surface area contributed by atoms with Crippen molar-refractivity contribution in [2.24, 2.45) is 5.92 Å². The van der Waals surface area contributed by atoms with Gasteiger partial charge in [-0.25, -0.2) is 8.42 Å². The largest absolute Gasteiger partial charge is 0.496 e. The molecule has 1 aliphatic heterocycles. The molecule has 29 heavy (non-hydrogen) atoms. The molecule has 6 nitrogen and oxygen atoms in total. The van der Waals surface area contributed by atoms with Gasteiger partial charge in [0.15, 0.2) is 0 Å². The number of piperidine rings is 1. The van der Waals surface area contributed by atoms with Crippen LogP contribution in [0.2, 0.25) is 0 Å². The average Bonchev–Trinajstić information content (AvgIpc) is 2.72. The Labute approximate surface area is 172 Å². The number of nitrogens with zero attached hydrogens (tertiary/aromatic N) is 1. The minimum atomic E-state index is -3.65. The zero-order valence-electron chi connectivity index (χ0n) is 17.1. The van der Waals surface area contributed by atoms with Crippen LogP contribution < -0.4 is 10.1 Å². The Hall–Kier alpha value is -2.38. The zero-order chi connectivity index (χ0) is 21.0. The first-order valence-corrected chi connectivity index (χ1v) is 11.2. The van der Waals surface area contributed by atoms with E-state index >= 15 is 0 Å². The molecule has 1 heterocycles. The van der Waals surface area contributed by atoms with Gasteiger partial charge in [-0.05, 0) is 56.0 Å². The van der Waals surface area contributed by atoms with E-state index in [2.05, 4.69) is 5.32 Å². The summed E-state index contributed by atoms with van der Waals surface area (Å²) in [7, 11) is -2.09. The normalized spacial score (nSPS) is 17.7. The summed E-state index contributed by atoms with van der Waals surface area (Å²) in [5.74, 6) is 0.205. The number of methoxy groups -OCH3 is 1. The van der Waals surface area contributed by atoms with Crippen molar-refractivity contribution >= 4 is 15.9 Å². The number of carbonyl (C=O) groups is 1. The quantitative estimate of drug-likeness (QED) is 0.785. The first-order chi connectivity index (χ1) is 13.8. The molecule has 7 heteroatoms. The summed E-state index contributed by atoms with van der Waals surface area (Å²) < 4.78 is 32.8. The molecule has 0 bridgehead atoms. The van der Waals surface area contributed by atoms with E-state index in [1.165, 1.54) is 4.31 Å². The summed E-state index contributed by atoms with van der Waals surface area (Å²) in [5, 5.41) is 2.95. The summed E-state index contributed by atoms with van der Waals surface area (Å²) in [6.07, 6.45) is 1.35. The van der Waals surface area contributed by atoms with Gasteiger partial charge in [-0.1, -0.05) is 29.8 Å². The van der Waals surface area contributed by atoms with E-state index in [4.69, 9.17) is 4.74 Å². The Morgan fingerprint density at radius 2 is 2.00 bits per heavy atom. The SMILES string of the molecule is COc1ccc(S(=O)(=O)N2CCC[C@H](C(=O)NCc3cccc(C)c3)C2)cc1C. The van der Waals surface area contributed by atoms with Crippen LogP contribution in [-0.4, -0.2) is 38.8 Å². The van der Waals surface area contributed by atoms with E-state index in [1.54, 1.807) is 25.3 Å². The second-order valence-corrected chi connectivity index (χ2v) is 9.48. The monoisotopic (exact) mass is 416 g/mol. The summed E-state index contributed by atoms with van der Waals surface area (Å²) in [5.41, 5.74) is 2.94. The van der Waals surface area contributed by atoms with Gasteiger partial charge >= 0.3 is 0 Å². The second-order valence-electron chi connectivity index (χ2n) is 7.54. The number of sulfonamides is 1. The van der Waals surface area contributed by atoms with Crippen LogP contribution in [-0.2, 0) is 21.4 Å². The maximum atomic E-state index is 13.1. The number of hydrogen-bond donors (Lipinski definition) is 1. The predicted octanol–water partition coefficient (Wildman–Crippen LogP) is 3.03. The summed E-state index contributed by atoms with van der Waals surface area (Å²) >= 11 is 0. The standard InChI is InChI=1S/C22H28N2O4S/c1-16-6-4-7-18(12-16)14-23-22(25)19-8-5-11-24(15-19)29(26,27)20-9-10-21(28-3)17(2)13-20/h4,6-7,9-10,12-13,19H,5,8,11,14-15H2,1-3H3,(H,23,25)/t19-/m0/s1. The molecule has 2 aromatic carbocycles. The lowest BCUT2D eigenvalue weighted by molar-refractivity contribution is -0.126. The van der Waals surface area contributed by atoms with Gasteiger partial charge in [-0.15, -0.1) is 0 Å². The van der Waals surface area contributed by atoms with Crippen molar-refractivity contribution in [1.29, 1.82) is 0 Å². The smallest absolute Gasteiger partial charge is 0.243 e. The molecule has 1 fully saturated rings. The highest BCUT2D eigenvalue weighted by Gasteiger charge is 2.33. The summed E-state index contributed by atoms with van der Waals surface area (Å²) in [6.45, 7) is 4.90. The maximum Gasteiger partial charge on any atom is 0.243 e. The Balaban J connectivity index is 1.67. The highest BCUT2D eigenvalue weighted by molar-refractivity contribution is 7.89. The fourth-order valence-corrected chi connectivity index (χ4v) is 5.30. The van der Waals surface area contributed by atoms with Crippen molar-refractivity contribution in [3.05, 3.63) is 59.2 Å². The number of nitrogens with one attached hydrogen (secondary N) is 1. The van der Waals surface area contributed by atoms with Gasteiger partial charge in [0.05, 0.1) is 17.9 Å². The van der Waals surface area contributed by atoms with Gasteiger partial charge in [0, 0.05) is 19.6 Å². The highest BCUT2D eigenvalue weighted by atomic mass is 32.2. The maximum absolute atomic E-state index is 13.1. The number of aryl methyl sites for hydroxylation is 2. The Kier molecular flexibility index (Phi) is 6.59. The third-order valence-corrected chi connectivity index (χ3v) is 7.17. The lowest BCUT2D eigenvalue weighted by Gasteiger charge is -2.31. The van der Waals surface area contributed by atoms with Crippen LogP contribution in [0.4, 0.5) is 0 Å². The van der Waals surface area contributed by atoms with Crippen molar-refractivity contribution in [1.82, 2.24) is 9.62 Å². The molecule has 0 aliphatic carbocycles. The average molecular weight is 417 g/mol. The van der Waals surface area contributed by atoms with Gasteiger partial charge in [0.1, 0.15) is 5.75 Å². The van der Waals surface area contributed by atoms with E-state index < -0.39 is 10.0 Å². The minimum absolute atomic E-state index is 0.0997. The molecule has 0 unspecified atom stereocenters. The van der Waals surface area contributed by atoms with Crippen LogP contribution in [0, 0.1) is 19.8 Å². The van der Waals surface area contributed by atoms with Gasteiger partial charge in [-0.3, -0.25) is 4.79 Å². The lowest BCUT2D eigenvalue weighted by Crippen LogP contribution is -2.45. The van der Waals surface area contributed by atoms with Crippen LogP contribution in [0.5, 0.6) is 5.75 Å². The van der Waals surface area contributed by atoms with Crippen molar-refractivity contribution in [3.63, 3.8) is 0 Å². The van der Waals surface area contributed by atoms with Gasteiger partial charge < -0.3 is 10.1 Å². The number of benzene rings is 2. The fourth-order valence-electron chi connectivity index (χ4n) is 3.69. The predicted molar refractivity (Wildman–Crippen MR) is 112 cm³/mol.